The summed E-state index contributed by atoms with van der Waals surface area (Å²) in [6.07, 6.45) is 0.492. The third kappa shape index (κ3) is 4.73. The number of carbonyl (C=O) groups is 1. The number of urea groups is 1. The lowest BCUT2D eigenvalue weighted by Crippen LogP contribution is -2.38. The normalized spacial score (nSPS) is 18.0. The molecule has 1 heterocycles. The molecular formula is C20H24N2O3. The summed E-state index contributed by atoms with van der Waals surface area (Å²) >= 11 is 0. The van der Waals surface area contributed by atoms with E-state index >= 15 is 0 Å². The molecule has 2 N–H and O–H groups in total. The molecule has 0 bridgehead atoms. The van der Waals surface area contributed by atoms with E-state index in [1.165, 1.54) is 0 Å². The van der Waals surface area contributed by atoms with Crippen molar-refractivity contribution in [2.75, 3.05) is 13.1 Å². The molecule has 25 heavy (non-hydrogen) atoms. The number of nitrogens with zero attached hydrogens (tertiary/aromatic N) is 1. The fourth-order valence-corrected chi connectivity index (χ4v) is 2.95. The minimum atomic E-state index is -0.366. The van der Waals surface area contributed by atoms with Crippen molar-refractivity contribution in [3.8, 4) is 11.5 Å². The second-order valence-electron chi connectivity index (χ2n) is 6.45. The van der Waals surface area contributed by atoms with Crippen LogP contribution in [-0.4, -0.2) is 35.2 Å². The maximum atomic E-state index is 12.2. The number of aliphatic hydroxyl groups excluding tert-OH is 1. The number of amides is 2. The van der Waals surface area contributed by atoms with Crippen molar-refractivity contribution in [2.45, 2.75) is 26.0 Å². The number of likely N-dealkylation sites (tertiary alicyclic amines) is 1. The lowest BCUT2D eigenvalue weighted by atomic mass is 10.0. The van der Waals surface area contributed by atoms with Crippen LogP contribution in [0, 0.1) is 5.92 Å². The zero-order valence-electron chi connectivity index (χ0n) is 14.4. The van der Waals surface area contributed by atoms with Crippen molar-refractivity contribution in [3.05, 3.63) is 60.2 Å². The Morgan fingerprint density at radius 1 is 1.20 bits per heavy atom. The van der Waals surface area contributed by atoms with Gasteiger partial charge >= 0.3 is 6.03 Å². The Morgan fingerprint density at radius 2 is 1.88 bits per heavy atom. The highest BCUT2D eigenvalue weighted by molar-refractivity contribution is 5.74. The van der Waals surface area contributed by atoms with Crippen molar-refractivity contribution in [2.24, 2.45) is 5.92 Å². The fraction of sp³-hybridized carbons (Fsp3) is 0.350. The van der Waals surface area contributed by atoms with Gasteiger partial charge in [0, 0.05) is 25.6 Å². The summed E-state index contributed by atoms with van der Waals surface area (Å²) in [7, 11) is 0. The van der Waals surface area contributed by atoms with Gasteiger partial charge in [-0.25, -0.2) is 4.79 Å². The van der Waals surface area contributed by atoms with Crippen LogP contribution in [0.15, 0.2) is 54.6 Å². The summed E-state index contributed by atoms with van der Waals surface area (Å²) in [5, 5.41) is 12.6. The quantitative estimate of drug-likeness (QED) is 0.877. The average Bonchev–Trinajstić information content (AvgIpc) is 3.12. The van der Waals surface area contributed by atoms with Crippen LogP contribution in [0.2, 0.25) is 0 Å². The van der Waals surface area contributed by atoms with Crippen molar-refractivity contribution in [1.82, 2.24) is 10.2 Å². The van der Waals surface area contributed by atoms with Crippen LogP contribution in [0.1, 0.15) is 18.9 Å². The van der Waals surface area contributed by atoms with Gasteiger partial charge in [0.05, 0.1) is 6.10 Å². The van der Waals surface area contributed by atoms with Gasteiger partial charge in [0.25, 0.3) is 0 Å². The molecule has 5 heteroatoms. The zero-order valence-corrected chi connectivity index (χ0v) is 14.4. The Morgan fingerprint density at radius 3 is 2.52 bits per heavy atom. The first kappa shape index (κ1) is 17.3. The molecule has 0 radical (unpaired) electrons. The molecule has 3 rings (SSSR count). The Labute approximate surface area is 148 Å². The Hall–Kier alpha value is -2.53. The lowest BCUT2D eigenvalue weighted by molar-refractivity contribution is 0.129. The van der Waals surface area contributed by atoms with Gasteiger partial charge in [-0.3, -0.25) is 0 Å². The van der Waals surface area contributed by atoms with Gasteiger partial charge in [-0.15, -0.1) is 0 Å². The first-order chi connectivity index (χ1) is 12.1. The minimum absolute atomic E-state index is 0.0761. The summed E-state index contributed by atoms with van der Waals surface area (Å²) in [6.45, 7) is 3.57. The number of ether oxygens (including phenoxy) is 1. The van der Waals surface area contributed by atoms with Gasteiger partial charge in [0.15, 0.2) is 0 Å². The molecule has 2 aromatic rings. The molecular weight excluding hydrogens is 316 g/mol. The molecule has 0 spiro atoms. The summed E-state index contributed by atoms with van der Waals surface area (Å²) < 4.78 is 5.76. The van der Waals surface area contributed by atoms with Gasteiger partial charge in [-0.1, -0.05) is 30.3 Å². The molecule has 2 atom stereocenters. The molecule has 0 aromatic heterocycles. The highest BCUT2D eigenvalue weighted by Crippen LogP contribution is 2.22. The van der Waals surface area contributed by atoms with Crippen molar-refractivity contribution < 1.29 is 14.6 Å². The number of hydrogen-bond acceptors (Lipinski definition) is 3. The van der Waals surface area contributed by atoms with E-state index in [1.54, 1.807) is 11.8 Å². The molecule has 5 nitrogen and oxygen atoms in total. The first-order valence-electron chi connectivity index (χ1n) is 8.64. The van der Waals surface area contributed by atoms with Crippen LogP contribution in [0.25, 0.3) is 0 Å². The first-order valence-corrected chi connectivity index (χ1v) is 8.64. The van der Waals surface area contributed by atoms with Gasteiger partial charge in [-0.05, 0) is 43.2 Å². The Bertz CT molecular complexity index is 686. The average molecular weight is 340 g/mol. The number of nitrogens with one attached hydrogen (secondary N) is 1. The number of carbonyl (C=O) groups excluding carboxylic acids is 1. The fourth-order valence-electron chi connectivity index (χ4n) is 2.95. The van der Waals surface area contributed by atoms with E-state index in [0.29, 0.717) is 19.6 Å². The van der Waals surface area contributed by atoms with Crippen molar-refractivity contribution >= 4 is 6.03 Å². The molecule has 1 saturated heterocycles. The second kappa shape index (κ2) is 8.03. The summed E-state index contributed by atoms with van der Waals surface area (Å²) in [5.41, 5.74) is 1.01. The Kier molecular flexibility index (Phi) is 5.56. The highest BCUT2D eigenvalue weighted by atomic mass is 16.5. The topological polar surface area (TPSA) is 61.8 Å². The third-order valence-electron chi connectivity index (χ3n) is 4.54. The van der Waals surface area contributed by atoms with E-state index in [1.807, 2.05) is 54.6 Å². The van der Waals surface area contributed by atoms with E-state index in [4.69, 9.17) is 4.74 Å². The standard InChI is InChI=1S/C20H24N2O3/c1-15(23)17-11-12-22(14-17)20(24)21-13-16-7-9-19(10-8-16)25-18-5-3-2-4-6-18/h2-10,15,17,23H,11-14H2,1H3,(H,21,24). The van der Waals surface area contributed by atoms with Crippen LogP contribution in [0.5, 0.6) is 11.5 Å². The van der Waals surface area contributed by atoms with E-state index in [-0.39, 0.29) is 18.1 Å². The third-order valence-corrected chi connectivity index (χ3v) is 4.54. The van der Waals surface area contributed by atoms with Gasteiger partial charge in [0.2, 0.25) is 0 Å². The predicted octanol–water partition coefficient (Wildman–Crippen LogP) is 3.39. The van der Waals surface area contributed by atoms with Gasteiger partial charge in [-0.2, -0.15) is 0 Å². The van der Waals surface area contributed by atoms with Gasteiger partial charge in [0.1, 0.15) is 11.5 Å². The van der Waals surface area contributed by atoms with E-state index in [0.717, 1.165) is 23.5 Å². The smallest absolute Gasteiger partial charge is 0.317 e. The van der Waals surface area contributed by atoms with E-state index in [9.17, 15) is 9.90 Å². The summed E-state index contributed by atoms with van der Waals surface area (Å²) in [5.74, 6) is 1.74. The lowest BCUT2D eigenvalue weighted by Gasteiger charge is -2.18. The second-order valence-corrected chi connectivity index (χ2v) is 6.45. The molecule has 1 aliphatic heterocycles. The maximum Gasteiger partial charge on any atom is 0.317 e. The number of benzene rings is 2. The zero-order chi connectivity index (χ0) is 17.6. The molecule has 1 fully saturated rings. The monoisotopic (exact) mass is 340 g/mol. The highest BCUT2D eigenvalue weighted by Gasteiger charge is 2.28. The molecule has 0 saturated carbocycles. The minimum Gasteiger partial charge on any atom is -0.457 e. The van der Waals surface area contributed by atoms with Crippen LogP contribution in [-0.2, 0) is 6.54 Å². The van der Waals surface area contributed by atoms with Crippen LogP contribution < -0.4 is 10.1 Å². The largest absolute Gasteiger partial charge is 0.457 e. The number of hydrogen-bond donors (Lipinski definition) is 2. The van der Waals surface area contributed by atoms with E-state index in [2.05, 4.69) is 5.32 Å². The predicted molar refractivity (Wildman–Crippen MR) is 96.6 cm³/mol. The van der Waals surface area contributed by atoms with Gasteiger partial charge < -0.3 is 20.1 Å². The van der Waals surface area contributed by atoms with E-state index < -0.39 is 0 Å². The van der Waals surface area contributed by atoms with Crippen molar-refractivity contribution in [1.29, 1.82) is 0 Å². The SMILES string of the molecule is CC(O)C1CCN(C(=O)NCc2ccc(Oc3ccccc3)cc2)C1. The summed E-state index contributed by atoms with van der Waals surface area (Å²) in [6, 6.07) is 17.2. The molecule has 2 amide bonds. The molecule has 0 aliphatic carbocycles. The van der Waals surface area contributed by atoms with Crippen molar-refractivity contribution in [3.63, 3.8) is 0 Å². The number of rotatable bonds is 5. The van der Waals surface area contributed by atoms with Crippen LogP contribution in [0.3, 0.4) is 0 Å². The Balaban J connectivity index is 1.48. The number of aliphatic hydroxyl groups is 1. The molecule has 1 aliphatic rings. The number of para-hydroxylation sites is 1. The summed E-state index contributed by atoms with van der Waals surface area (Å²) in [4.78, 5) is 14.0. The maximum absolute atomic E-state index is 12.2. The molecule has 132 valence electrons. The molecule has 2 unspecified atom stereocenters. The van der Waals surface area contributed by atoms with Crippen LogP contribution in [0.4, 0.5) is 4.79 Å². The van der Waals surface area contributed by atoms with Crippen LogP contribution >= 0.6 is 0 Å². The molecule has 2 aromatic carbocycles.